The van der Waals surface area contributed by atoms with Crippen LogP contribution in [0.3, 0.4) is 0 Å². The van der Waals surface area contributed by atoms with Gasteiger partial charge < -0.3 is 15.2 Å². The van der Waals surface area contributed by atoms with E-state index in [0.717, 1.165) is 16.7 Å². The van der Waals surface area contributed by atoms with E-state index in [2.05, 4.69) is 36.0 Å². The monoisotopic (exact) mass is 461 g/mol. The Labute approximate surface area is 190 Å². The standard InChI is InChI=1S/C20H15N7O2S.CO2/c1-11-7-23-29-17(11)18(28)24-15-4-2-3-12(5-15)19-26-27-20(30-19)25-16-6-13-8-21-9-14(13)10-22-16;2-1-3/h2-8,10H,9H2,1H3,(H,24,28)(H,22,25,27);. The normalized spacial score (nSPS) is 11.2. The second-order valence-corrected chi connectivity index (χ2v) is 7.71. The van der Waals surface area contributed by atoms with E-state index in [1.54, 1.807) is 13.0 Å². The fourth-order valence-corrected chi connectivity index (χ4v) is 3.74. The van der Waals surface area contributed by atoms with Crippen LogP contribution in [0.4, 0.5) is 16.6 Å². The number of aliphatic imine (C=N–C) groups is 1. The first-order valence-electron chi connectivity index (χ1n) is 9.49. The summed E-state index contributed by atoms with van der Waals surface area (Å²) in [5, 5.41) is 19.4. The van der Waals surface area contributed by atoms with Crippen molar-refractivity contribution in [1.82, 2.24) is 20.3 Å². The molecule has 12 heteroatoms. The molecule has 0 aliphatic carbocycles. The number of amides is 1. The summed E-state index contributed by atoms with van der Waals surface area (Å²) in [4.78, 5) is 37.2. The quantitative estimate of drug-likeness (QED) is 0.456. The maximum absolute atomic E-state index is 12.3. The van der Waals surface area contributed by atoms with E-state index in [-0.39, 0.29) is 17.8 Å². The molecule has 11 nitrogen and oxygen atoms in total. The molecule has 4 aromatic rings. The zero-order chi connectivity index (χ0) is 23.2. The van der Waals surface area contributed by atoms with Crippen LogP contribution in [0.1, 0.15) is 27.2 Å². The summed E-state index contributed by atoms with van der Waals surface area (Å²) in [5.74, 6) is 0.524. The minimum Gasteiger partial charge on any atom is -0.351 e. The van der Waals surface area contributed by atoms with Gasteiger partial charge in [0.25, 0.3) is 5.91 Å². The molecule has 0 unspecified atom stereocenters. The molecule has 0 radical (unpaired) electrons. The lowest BCUT2D eigenvalue weighted by molar-refractivity contribution is -0.191. The Balaban J connectivity index is 0.000000821. The topological polar surface area (TPSA) is 152 Å². The van der Waals surface area contributed by atoms with Gasteiger partial charge in [-0.25, -0.2) is 4.98 Å². The van der Waals surface area contributed by atoms with E-state index in [0.29, 0.717) is 33.8 Å². The van der Waals surface area contributed by atoms with Crippen molar-refractivity contribution in [3.8, 4) is 10.6 Å². The van der Waals surface area contributed by atoms with Gasteiger partial charge in [0.1, 0.15) is 10.8 Å². The van der Waals surface area contributed by atoms with Crippen molar-refractivity contribution < 1.29 is 18.9 Å². The molecule has 0 saturated carbocycles. The van der Waals surface area contributed by atoms with Crippen LogP contribution < -0.4 is 10.6 Å². The first-order valence-corrected chi connectivity index (χ1v) is 10.3. The zero-order valence-corrected chi connectivity index (χ0v) is 17.9. The Kier molecular flexibility index (Phi) is 6.39. The van der Waals surface area contributed by atoms with Gasteiger partial charge in [-0.05, 0) is 25.1 Å². The largest absolute Gasteiger partial charge is 0.373 e. The van der Waals surface area contributed by atoms with Crippen molar-refractivity contribution in [1.29, 1.82) is 0 Å². The van der Waals surface area contributed by atoms with Crippen molar-refractivity contribution in [3.05, 3.63) is 65.2 Å². The lowest BCUT2D eigenvalue weighted by atomic mass is 10.2. The Hall–Kier alpha value is -4.54. The van der Waals surface area contributed by atoms with E-state index in [9.17, 15) is 4.79 Å². The van der Waals surface area contributed by atoms with Crippen LogP contribution in [0, 0.1) is 6.92 Å². The molecule has 33 heavy (non-hydrogen) atoms. The van der Waals surface area contributed by atoms with Crippen molar-refractivity contribution in [2.75, 3.05) is 10.6 Å². The molecule has 1 amide bonds. The van der Waals surface area contributed by atoms with E-state index in [1.165, 1.54) is 17.5 Å². The fourth-order valence-electron chi connectivity index (χ4n) is 2.99. The second kappa shape index (κ2) is 9.73. The number of pyridine rings is 1. The number of nitrogens with zero attached hydrogens (tertiary/aromatic N) is 5. The molecule has 3 aromatic heterocycles. The van der Waals surface area contributed by atoms with Gasteiger partial charge in [0.05, 0.1) is 12.7 Å². The average molecular weight is 461 g/mol. The molecule has 1 aliphatic rings. The van der Waals surface area contributed by atoms with Crippen LogP contribution in [0.15, 0.2) is 52.2 Å². The molecule has 1 aromatic carbocycles. The summed E-state index contributed by atoms with van der Waals surface area (Å²) < 4.78 is 5.00. The van der Waals surface area contributed by atoms with Gasteiger partial charge in [0.2, 0.25) is 10.9 Å². The van der Waals surface area contributed by atoms with Gasteiger partial charge in [-0.1, -0.05) is 28.6 Å². The Morgan fingerprint density at radius 2 is 2.03 bits per heavy atom. The van der Waals surface area contributed by atoms with Gasteiger partial charge in [-0.15, -0.1) is 10.2 Å². The number of hydrogen-bond acceptors (Lipinski definition) is 11. The molecular formula is C21H15N7O4S. The molecule has 0 bridgehead atoms. The Morgan fingerprint density at radius 1 is 1.18 bits per heavy atom. The van der Waals surface area contributed by atoms with Gasteiger partial charge in [0, 0.05) is 40.4 Å². The maximum atomic E-state index is 12.3. The lowest BCUT2D eigenvalue weighted by Crippen LogP contribution is -2.12. The van der Waals surface area contributed by atoms with Crippen LogP contribution in [-0.4, -0.2) is 38.6 Å². The number of anilines is 3. The number of aromatic nitrogens is 4. The molecule has 4 heterocycles. The van der Waals surface area contributed by atoms with Crippen molar-refractivity contribution in [2.45, 2.75) is 13.5 Å². The molecule has 0 spiro atoms. The summed E-state index contributed by atoms with van der Waals surface area (Å²) in [7, 11) is 0. The minimum absolute atomic E-state index is 0.190. The number of rotatable bonds is 5. The highest BCUT2D eigenvalue weighted by Gasteiger charge is 2.15. The number of carbonyl (C=O) groups excluding carboxylic acids is 3. The smallest absolute Gasteiger partial charge is 0.351 e. The lowest BCUT2D eigenvalue weighted by Gasteiger charge is -2.05. The number of nitrogens with one attached hydrogen (secondary N) is 2. The summed E-state index contributed by atoms with van der Waals surface area (Å²) in [5.41, 5.74) is 4.30. The second-order valence-electron chi connectivity index (χ2n) is 6.73. The minimum atomic E-state index is -0.354. The predicted molar refractivity (Wildman–Crippen MR) is 118 cm³/mol. The van der Waals surface area contributed by atoms with Crippen molar-refractivity contribution >= 4 is 46.2 Å². The SMILES string of the molecule is Cc1cnoc1C(=O)Nc1cccc(-c2nnc(Nc3cc4c(cn3)CN=C4)s2)c1.O=C=O. The summed E-state index contributed by atoms with van der Waals surface area (Å²) in [6.07, 6.45) is 5.41. The van der Waals surface area contributed by atoms with Crippen LogP contribution in [0.5, 0.6) is 0 Å². The predicted octanol–water partition coefficient (Wildman–Crippen LogP) is 3.24. The van der Waals surface area contributed by atoms with Crippen LogP contribution in [-0.2, 0) is 16.1 Å². The van der Waals surface area contributed by atoms with Gasteiger partial charge >= 0.3 is 6.15 Å². The van der Waals surface area contributed by atoms with E-state index >= 15 is 0 Å². The van der Waals surface area contributed by atoms with Gasteiger partial charge in [-0.3, -0.25) is 9.79 Å². The van der Waals surface area contributed by atoms with Crippen molar-refractivity contribution in [3.63, 3.8) is 0 Å². The molecule has 164 valence electrons. The highest BCUT2D eigenvalue weighted by molar-refractivity contribution is 7.18. The van der Waals surface area contributed by atoms with Gasteiger partial charge in [-0.2, -0.15) is 9.59 Å². The average Bonchev–Trinajstić information content (AvgIpc) is 3.55. The number of hydrogen-bond donors (Lipinski definition) is 2. The zero-order valence-electron chi connectivity index (χ0n) is 17.1. The summed E-state index contributed by atoms with van der Waals surface area (Å²) in [6, 6.07) is 9.31. The molecule has 0 saturated heterocycles. The van der Waals surface area contributed by atoms with Crippen LogP contribution >= 0.6 is 11.3 Å². The first kappa shape index (κ1) is 21.7. The number of carbonyl (C=O) groups is 1. The molecule has 0 fully saturated rings. The van der Waals surface area contributed by atoms with E-state index in [1.807, 2.05) is 36.7 Å². The number of benzene rings is 1. The van der Waals surface area contributed by atoms with E-state index < -0.39 is 0 Å². The molecular weight excluding hydrogens is 446 g/mol. The van der Waals surface area contributed by atoms with Crippen LogP contribution in [0.25, 0.3) is 10.6 Å². The fraction of sp³-hybridized carbons (Fsp3) is 0.0952. The third-order valence-electron chi connectivity index (χ3n) is 4.50. The third-order valence-corrected chi connectivity index (χ3v) is 5.38. The first-order chi connectivity index (χ1) is 16.1. The molecule has 1 aliphatic heterocycles. The third kappa shape index (κ3) is 5.03. The summed E-state index contributed by atoms with van der Waals surface area (Å²) >= 11 is 1.39. The summed E-state index contributed by atoms with van der Waals surface area (Å²) in [6.45, 7) is 2.44. The molecule has 2 N–H and O–H groups in total. The highest BCUT2D eigenvalue weighted by atomic mass is 32.1. The van der Waals surface area contributed by atoms with Crippen molar-refractivity contribution in [2.24, 2.45) is 4.99 Å². The van der Waals surface area contributed by atoms with E-state index in [4.69, 9.17) is 14.1 Å². The maximum Gasteiger partial charge on any atom is 0.373 e. The Bertz CT molecular complexity index is 1370. The molecule has 0 atom stereocenters. The molecule has 5 rings (SSSR count). The van der Waals surface area contributed by atoms with Gasteiger partial charge in [0.15, 0.2) is 0 Å². The number of fused-ring (bicyclic) bond motifs is 1. The Morgan fingerprint density at radius 3 is 2.82 bits per heavy atom. The highest BCUT2D eigenvalue weighted by Crippen LogP contribution is 2.30. The number of aryl methyl sites for hydroxylation is 1. The van der Waals surface area contributed by atoms with Crippen LogP contribution in [0.2, 0.25) is 0 Å².